The highest BCUT2D eigenvalue weighted by Gasteiger charge is 2.24. The Bertz CT molecular complexity index is 1200. The highest BCUT2D eigenvalue weighted by atomic mass is 32.5. The number of hydrogen-bond acceptors (Lipinski definition) is 6. The summed E-state index contributed by atoms with van der Waals surface area (Å²) in [5.41, 5.74) is 3.18. The van der Waals surface area contributed by atoms with Crippen LogP contribution in [0.2, 0.25) is 0 Å². The Morgan fingerprint density at radius 3 is 1.62 bits per heavy atom. The quantitative estimate of drug-likeness (QED) is 0.171. The highest BCUT2D eigenvalue weighted by molar-refractivity contribution is 8.09. The molecule has 0 saturated heterocycles. The van der Waals surface area contributed by atoms with Gasteiger partial charge in [-0.15, -0.1) is 0 Å². The summed E-state index contributed by atoms with van der Waals surface area (Å²) in [4.78, 5) is 0. The van der Waals surface area contributed by atoms with Crippen molar-refractivity contribution in [1.29, 1.82) is 0 Å². The Labute approximate surface area is 226 Å². The third-order valence-electron chi connectivity index (χ3n) is 5.71. The molecule has 3 rings (SSSR count). The van der Waals surface area contributed by atoms with Crippen LogP contribution in [0.15, 0.2) is 71.8 Å². The predicted octanol–water partition coefficient (Wildman–Crippen LogP) is 7.60. The Balaban J connectivity index is 1.89. The zero-order valence-corrected chi connectivity index (χ0v) is 24.6. The summed E-state index contributed by atoms with van der Waals surface area (Å²) < 4.78 is 23.3. The van der Waals surface area contributed by atoms with E-state index in [9.17, 15) is 0 Å². The fourth-order valence-electron chi connectivity index (χ4n) is 3.55. The van der Waals surface area contributed by atoms with Crippen LogP contribution in [0.1, 0.15) is 58.2 Å². The molecule has 0 bridgehead atoms. The van der Waals surface area contributed by atoms with E-state index in [1.165, 1.54) is 11.1 Å². The molecule has 0 aromatic heterocycles. The van der Waals surface area contributed by atoms with Gasteiger partial charge in [0, 0.05) is 17.4 Å². The third kappa shape index (κ3) is 7.73. The van der Waals surface area contributed by atoms with Crippen LogP contribution in [0.25, 0.3) is 0 Å². The molecule has 0 aliphatic rings. The molecule has 0 unspecified atom stereocenters. The van der Waals surface area contributed by atoms with Gasteiger partial charge in [0.25, 0.3) is 0 Å². The monoisotopic (exact) mass is 540 g/mol. The molecule has 0 aliphatic carbocycles. The molecule has 0 spiro atoms. The second kappa shape index (κ2) is 11.6. The minimum Gasteiger partial charge on any atom is -0.493 e. The number of rotatable bonds is 9. The van der Waals surface area contributed by atoms with Gasteiger partial charge >= 0.3 is 6.64 Å². The first kappa shape index (κ1) is 28.5. The van der Waals surface area contributed by atoms with Crippen molar-refractivity contribution < 1.29 is 18.5 Å². The number of methoxy groups -OCH3 is 2. The molecule has 198 valence electrons. The van der Waals surface area contributed by atoms with Gasteiger partial charge in [0.2, 0.25) is 0 Å². The SMILES string of the molecule is COc1cccc(/C=N/NP(=S)(Oc2ccc(C(C)(C)C)cc2)Oc2ccc(C(C)(C)C)cc2)c1OC. The van der Waals surface area contributed by atoms with Gasteiger partial charge in [-0.05, 0) is 58.4 Å². The summed E-state index contributed by atoms with van der Waals surface area (Å²) in [6, 6.07) is 21.3. The molecule has 37 heavy (non-hydrogen) atoms. The van der Waals surface area contributed by atoms with E-state index >= 15 is 0 Å². The zero-order chi connectivity index (χ0) is 27.3. The Morgan fingerprint density at radius 2 is 1.22 bits per heavy atom. The largest absolute Gasteiger partial charge is 0.493 e. The van der Waals surface area contributed by atoms with Crippen molar-refractivity contribution in [3.05, 3.63) is 83.4 Å². The molecule has 3 aromatic carbocycles. The van der Waals surface area contributed by atoms with Crippen LogP contribution in [0.5, 0.6) is 23.0 Å². The number of hydrazone groups is 1. The molecule has 0 radical (unpaired) electrons. The third-order valence-corrected chi connectivity index (χ3v) is 7.66. The number of nitrogens with zero attached hydrogens (tertiary/aromatic N) is 1. The van der Waals surface area contributed by atoms with E-state index < -0.39 is 6.64 Å². The van der Waals surface area contributed by atoms with Gasteiger partial charge in [-0.1, -0.05) is 71.9 Å². The standard InChI is InChI=1S/C29H37N2O4PS/c1-28(2,3)22-12-16-24(17-13-22)34-36(37,35-25-18-14-23(15-19-25)29(4,5)6)31-30-20-21-10-9-11-26(32-7)27(21)33-8/h9-20H,1-8H3,(H,31,37)/b30-20+. The molecule has 0 fully saturated rings. The first-order valence-electron chi connectivity index (χ1n) is 12.1. The molecule has 0 heterocycles. The van der Waals surface area contributed by atoms with Crippen LogP contribution in [0.4, 0.5) is 0 Å². The van der Waals surface area contributed by atoms with Crippen molar-refractivity contribution >= 4 is 24.7 Å². The van der Waals surface area contributed by atoms with E-state index in [1.807, 2.05) is 66.7 Å². The molecule has 0 saturated carbocycles. The lowest BCUT2D eigenvalue weighted by Crippen LogP contribution is -2.15. The molecule has 6 nitrogen and oxygen atoms in total. The normalized spacial score (nSPS) is 12.3. The Hall–Kier alpha value is -3.02. The van der Waals surface area contributed by atoms with Gasteiger partial charge < -0.3 is 18.5 Å². The van der Waals surface area contributed by atoms with Gasteiger partial charge in [0.05, 0.1) is 20.4 Å². The van der Waals surface area contributed by atoms with Crippen molar-refractivity contribution in [2.75, 3.05) is 14.2 Å². The second-order valence-corrected chi connectivity index (χ2v) is 13.7. The molecule has 8 heteroatoms. The summed E-state index contributed by atoms with van der Waals surface area (Å²) in [6.07, 6.45) is 1.61. The topological polar surface area (TPSA) is 61.3 Å². The van der Waals surface area contributed by atoms with E-state index in [1.54, 1.807) is 20.4 Å². The number of ether oxygens (including phenoxy) is 2. The maximum Gasteiger partial charge on any atom is 0.408 e. The number of nitrogens with one attached hydrogen (secondary N) is 1. The van der Waals surface area contributed by atoms with E-state index in [4.69, 9.17) is 30.3 Å². The molecule has 1 N–H and O–H groups in total. The molecule has 0 aliphatic heterocycles. The fourth-order valence-corrected chi connectivity index (χ4v) is 5.33. The van der Waals surface area contributed by atoms with Crippen LogP contribution < -0.4 is 23.7 Å². The maximum atomic E-state index is 6.23. The average molecular weight is 541 g/mol. The minimum atomic E-state index is -3.14. The summed E-state index contributed by atoms with van der Waals surface area (Å²) in [5.74, 6) is 2.38. The average Bonchev–Trinajstić information content (AvgIpc) is 2.83. The Morgan fingerprint density at radius 1 is 0.730 bits per heavy atom. The summed E-state index contributed by atoms with van der Waals surface area (Å²) in [5, 5.41) is 7.36. The first-order valence-corrected chi connectivity index (χ1v) is 14.7. The van der Waals surface area contributed by atoms with Crippen molar-refractivity contribution in [2.24, 2.45) is 5.10 Å². The van der Waals surface area contributed by atoms with Crippen LogP contribution in [-0.2, 0) is 22.6 Å². The molecule has 3 aromatic rings. The van der Waals surface area contributed by atoms with E-state index in [0.29, 0.717) is 23.0 Å². The smallest absolute Gasteiger partial charge is 0.408 e. The lowest BCUT2D eigenvalue weighted by atomic mass is 9.87. The fraction of sp³-hybridized carbons (Fsp3) is 0.345. The molecule has 0 atom stereocenters. The van der Waals surface area contributed by atoms with Gasteiger partial charge in [0.15, 0.2) is 11.5 Å². The summed E-state index contributed by atoms with van der Waals surface area (Å²) >= 11 is 5.89. The van der Waals surface area contributed by atoms with Gasteiger partial charge in [0.1, 0.15) is 11.5 Å². The molecular weight excluding hydrogens is 503 g/mol. The van der Waals surface area contributed by atoms with Gasteiger partial charge in [-0.3, -0.25) is 0 Å². The lowest BCUT2D eigenvalue weighted by molar-refractivity contribution is 0.354. The number of para-hydroxylation sites is 1. The van der Waals surface area contributed by atoms with Crippen LogP contribution >= 0.6 is 6.64 Å². The predicted molar refractivity (Wildman–Crippen MR) is 156 cm³/mol. The second-order valence-electron chi connectivity index (χ2n) is 10.7. The van der Waals surface area contributed by atoms with Gasteiger partial charge in [-0.2, -0.15) is 5.10 Å². The van der Waals surface area contributed by atoms with Crippen LogP contribution in [0.3, 0.4) is 0 Å². The summed E-state index contributed by atoms with van der Waals surface area (Å²) in [7, 11) is 3.18. The highest BCUT2D eigenvalue weighted by Crippen LogP contribution is 2.46. The van der Waals surface area contributed by atoms with Crippen molar-refractivity contribution in [1.82, 2.24) is 5.20 Å². The van der Waals surface area contributed by atoms with Crippen LogP contribution in [0, 0.1) is 0 Å². The zero-order valence-electron chi connectivity index (χ0n) is 22.9. The van der Waals surface area contributed by atoms with Crippen LogP contribution in [-0.4, -0.2) is 20.4 Å². The molecule has 0 amide bonds. The Kier molecular flexibility index (Phi) is 8.93. The van der Waals surface area contributed by atoms with Gasteiger partial charge in [-0.25, -0.2) is 5.20 Å². The lowest BCUT2D eigenvalue weighted by Gasteiger charge is -2.24. The summed E-state index contributed by atoms with van der Waals surface area (Å²) in [6.45, 7) is 9.86. The first-order chi connectivity index (χ1) is 17.3. The molecular formula is C29H37N2O4PS. The maximum absolute atomic E-state index is 6.23. The van der Waals surface area contributed by atoms with Crippen molar-refractivity contribution in [3.63, 3.8) is 0 Å². The number of hydrogen-bond donors (Lipinski definition) is 1. The van der Waals surface area contributed by atoms with E-state index in [0.717, 1.165) is 5.56 Å². The van der Waals surface area contributed by atoms with E-state index in [-0.39, 0.29) is 10.8 Å². The van der Waals surface area contributed by atoms with E-state index in [2.05, 4.69) is 51.8 Å². The van der Waals surface area contributed by atoms with Crippen molar-refractivity contribution in [3.8, 4) is 23.0 Å². The van der Waals surface area contributed by atoms with Crippen molar-refractivity contribution in [2.45, 2.75) is 52.4 Å². The minimum absolute atomic E-state index is 0.0301. The number of benzene rings is 3.